The van der Waals surface area contributed by atoms with E-state index in [-0.39, 0.29) is 24.3 Å². The molecule has 2 N–H and O–H groups in total. The quantitative estimate of drug-likeness (QED) is 0.604. The van der Waals surface area contributed by atoms with Gasteiger partial charge in [0.15, 0.2) is 0 Å². The van der Waals surface area contributed by atoms with Gasteiger partial charge in [0.05, 0.1) is 5.92 Å². The molecule has 0 aromatic heterocycles. The molecule has 1 heterocycles. The van der Waals surface area contributed by atoms with Gasteiger partial charge in [-0.1, -0.05) is 62.4 Å². The number of benzene rings is 2. The van der Waals surface area contributed by atoms with E-state index in [0.29, 0.717) is 25.8 Å². The highest BCUT2D eigenvalue weighted by molar-refractivity contribution is 5.87. The Labute approximate surface area is 206 Å². The van der Waals surface area contributed by atoms with Crippen molar-refractivity contribution in [1.29, 1.82) is 0 Å². The van der Waals surface area contributed by atoms with Crippen molar-refractivity contribution in [2.45, 2.75) is 58.0 Å². The number of nitrogens with zero attached hydrogens (tertiary/aromatic N) is 1. The normalized spacial score (nSPS) is 20.2. The smallest absolute Gasteiger partial charge is 0.407 e. The van der Waals surface area contributed by atoms with E-state index < -0.39 is 30.1 Å². The molecule has 3 atom stereocenters. The van der Waals surface area contributed by atoms with E-state index >= 15 is 0 Å². The molecule has 1 aliphatic heterocycles. The van der Waals surface area contributed by atoms with Crippen LogP contribution >= 0.6 is 0 Å². The molecular weight excluding hydrogens is 444 g/mol. The molecule has 186 valence electrons. The zero-order valence-electron chi connectivity index (χ0n) is 20.6. The second-order valence-electron chi connectivity index (χ2n) is 10.0. The maximum Gasteiger partial charge on any atom is 0.407 e. The van der Waals surface area contributed by atoms with Crippen LogP contribution in [0.15, 0.2) is 48.5 Å². The molecule has 7 nitrogen and oxygen atoms in total. The highest BCUT2D eigenvalue weighted by Gasteiger charge is 2.38. The topological polar surface area (TPSA) is 95.9 Å². The minimum Gasteiger partial charge on any atom is -0.481 e. The van der Waals surface area contributed by atoms with Gasteiger partial charge in [0, 0.05) is 18.5 Å². The van der Waals surface area contributed by atoms with Gasteiger partial charge in [-0.25, -0.2) is 4.79 Å². The molecule has 0 spiro atoms. The first-order valence-corrected chi connectivity index (χ1v) is 12.4. The van der Waals surface area contributed by atoms with E-state index in [2.05, 4.69) is 29.6 Å². The lowest BCUT2D eigenvalue weighted by Gasteiger charge is -2.39. The molecule has 0 radical (unpaired) electrons. The molecule has 1 aliphatic carbocycles. The Hall–Kier alpha value is -3.35. The van der Waals surface area contributed by atoms with Gasteiger partial charge >= 0.3 is 12.1 Å². The molecule has 2 amide bonds. The molecule has 0 saturated carbocycles. The highest BCUT2D eigenvalue weighted by atomic mass is 16.5. The van der Waals surface area contributed by atoms with Gasteiger partial charge in [-0.3, -0.25) is 9.59 Å². The van der Waals surface area contributed by atoms with Crippen LogP contribution in [-0.4, -0.2) is 53.2 Å². The number of alkyl carbamates (subject to hydrolysis) is 1. The number of rotatable bonds is 7. The SMILES string of the molecule is CC(C)C[C@H](NC(=O)OCC1c2ccccc2-c2ccccc21)C(=O)N1CCC[C@H](C(=O)O)[C@@H]1C. The first kappa shape index (κ1) is 24.8. The maximum atomic E-state index is 13.4. The Morgan fingerprint density at radius 3 is 2.23 bits per heavy atom. The van der Waals surface area contributed by atoms with Gasteiger partial charge in [0.1, 0.15) is 12.6 Å². The van der Waals surface area contributed by atoms with Crippen molar-refractivity contribution in [2.24, 2.45) is 11.8 Å². The van der Waals surface area contributed by atoms with Crippen molar-refractivity contribution in [3.05, 3.63) is 59.7 Å². The summed E-state index contributed by atoms with van der Waals surface area (Å²) in [5, 5.41) is 12.3. The lowest BCUT2D eigenvalue weighted by Crippen LogP contribution is -2.56. The number of carboxylic acids is 1. The highest BCUT2D eigenvalue weighted by Crippen LogP contribution is 2.44. The summed E-state index contributed by atoms with van der Waals surface area (Å²) in [5.74, 6) is -1.63. The third-order valence-electron chi connectivity index (χ3n) is 7.23. The minimum atomic E-state index is -0.889. The van der Waals surface area contributed by atoms with E-state index in [9.17, 15) is 19.5 Å². The van der Waals surface area contributed by atoms with Crippen LogP contribution in [0.2, 0.25) is 0 Å². The molecule has 1 saturated heterocycles. The molecule has 4 rings (SSSR count). The molecule has 0 bridgehead atoms. The number of hydrogen-bond donors (Lipinski definition) is 2. The molecule has 2 aromatic rings. The number of ether oxygens (including phenoxy) is 1. The van der Waals surface area contributed by atoms with Crippen molar-refractivity contribution in [1.82, 2.24) is 10.2 Å². The third kappa shape index (κ3) is 5.19. The van der Waals surface area contributed by atoms with Gasteiger partial charge in [0.25, 0.3) is 0 Å². The van der Waals surface area contributed by atoms with Crippen LogP contribution in [0, 0.1) is 11.8 Å². The van der Waals surface area contributed by atoms with Crippen LogP contribution in [0.3, 0.4) is 0 Å². The van der Waals surface area contributed by atoms with E-state index in [1.165, 1.54) is 0 Å². The fourth-order valence-electron chi connectivity index (χ4n) is 5.46. The number of likely N-dealkylation sites (tertiary alicyclic amines) is 1. The Balaban J connectivity index is 1.44. The number of nitrogens with one attached hydrogen (secondary N) is 1. The van der Waals surface area contributed by atoms with E-state index in [1.54, 1.807) is 11.8 Å². The summed E-state index contributed by atoms with van der Waals surface area (Å²) in [6, 6.07) is 15.1. The number of carbonyl (C=O) groups is 3. The Morgan fingerprint density at radius 2 is 1.66 bits per heavy atom. The fraction of sp³-hybridized carbons (Fsp3) is 0.464. The first-order chi connectivity index (χ1) is 16.8. The first-order valence-electron chi connectivity index (χ1n) is 12.4. The Bertz CT molecular complexity index is 1050. The van der Waals surface area contributed by atoms with Crippen LogP contribution in [0.4, 0.5) is 4.79 Å². The predicted molar refractivity (Wildman–Crippen MR) is 133 cm³/mol. The predicted octanol–water partition coefficient (Wildman–Crippen LogP) is 4.65. The van der Waals surface area contributed by atoms with E-state index in [0.717, 1.165) is 22.3 Å². The van der Waals surface area contributed by atoms with Gasteiger partial charge in [-0.15, -0.1) is 0 Å². The fourth-order valence-corrected chi connectivity index (χ4v) is 5.46. The summed E-state index contributed by atoms with van der Waals surface area (Å²) in [6.45, 7) is 6.41. The van der Waals surface area contributed by atoms with Gasteiger partial charge in [0.2, 0.25) is 5.91 Å². The molecular formula is C28H34N2O5. The second kappa shape index (κ2) is 10.5. The molecule has 7 heteroatoms. The van der Waals surface area contributed by atoms with Gasteiger partial charge in [-0.2, -0.15) is 0 Å². The number of aliphatic carboxylic acids is 1. The van der Waals surface area contributed by atoms with Crippen LogP contribution in [-0.2, 0) is 14.3 Å². The van der Waals surface area contributed by atoms with Crippen molar-refractivity contribution in [3.8, 4) is 11.1 Å². The second-order valence-corrected chi connectivity index (χ2v) is 10.0. The summed E-state index contributed by atoms with van der Waals surface area (Å²) in [7, 11) is 0. The van der Waals surface area contributed by atoms with Gasteiger partial charge < -0.3 is 20.1 Å². The van der Waals surface area contributed by atoms with Crippen LogP contribution in [0.5, 0.6) is 0 Å². The lowest BCUT2D eigenvalue weighted by molar-refractivity contribution is -0.150. The monoisotopic (exact) mass is 478 g/mol. The van der Waals surface area contributed by atoms with Crippen LogP contribution < -0.4 is 5.32 Å². The number of hydrogen-bond acceptors (Lipinski definition) is 4. The minimum absolute atomic E-state index is 0.0640. The van der Waals surface area contributed by atoms with E-state index in [4.69, 9.17) is 4.74 Å². The zero-order chi connectivity index (χ0) is 25.1. The van der Waals surface area contributed by atoms with Crippen molar-refractivity contribution < 1.29 is 24.2 Å². The van der Waals surface area contributed by atoms with Crippen LogP contribution in [0.25, 0.3) is 11.1 Å². The number of carboxylic acid groups (broad SMARTS) is 1. The standard InChI is InChI=1S/C28H34N2O5/c1-17(2)15-25(26(31)30-14-8-13-19(18(30)3)27(32)33)29-28(34)35-16-24-22-11-6-4-9-20(22)21-10-5-7-12-23(21)24/h4-7,9-12,17-19,24-25H,8,13-16H2,1-3H3,(H,29,34)(H,32,33)/t18-,19-,25-/m0/s1. The average Bonchev–Trinajstić information content (AvgIpc) is 3.15. The van der Waals surface area contributed by atoms with Crippen LogP contribution in [0.1, 0.15) is 57.1 Å². The number of piperidine rings is 1. The Morgan fingerprint density at radius 1 is 1.06 bits per heavy atom. The summed E-state index contributed by atoms with van der Waals surface area (Å²) in [4.78, 5) is 39.5. The number of fused-ring (bicyclic) bond motifs is 3. The maximum absolute atomic E-state index is 13.4. The largest absolute Gasteiger partial charge is 0.481 e. The number of carbonyl (C=O) groups excluding carboxylic acids is 2. The number of amides is 2. The van der Waals surface area contributed by atoms with Crippen molar-refractivity contribution in [2.75, 3.05) is 13.2 Å². The summed E-state index contributed by atoms with van der Waals surface area (Å²) < 4.78 is 5.66. The molecule has 1 fully saturated rings. The van der Waals surface area contributed by atoms with Crippen molar-refractivity contribution >= 4 is 18.0 Å². The molecule has 35 heavy (non-hydrogen) atoms. The average molecular weight is 479 g/mol. The summed E-state index contributed by atoms with van der Waals surface area (Å²) >= 11 is 0. The summed E-state index contributed by atoms with van der Waals surface area (Å²) in [6.07, 6.45) is 0.996. The molecule has 0 unspecified atom stereocenters. The molecule has 2 aromatic carbocycles. The third-order valence-corrected chi connectivity index (χ3v) is 7.23. The van der Waals surface area contributed by atoms with E-state index in [1.807, 2.05) is 38.1 Å². The lowest BCUT2D eigenvalue weighted by atomic mass is 9.89. The van der Waals surface area contributed by atoms with Gasteiger partial charge in [-0.05, 0) is 54.4 Å². The molecule has 2 aliphatic rings. The summed E-state index contributed by atoms with van der Waals surface area (Å²) in [5.41, 5.74) is 4.55. The zero-order valence-corrected chi connectivity index (χ0v) is 20.6. The van der Waals surface area contributed by atoms with Crippen molar-refractivity contribution in [3.63, 3.8) is 0 Å². The Kier molecular flexibility index (Phi) is 7.43.